The molecule has 9 heteroatoms. The number of hydrogen-bond donors (Lipinski definition) is 1. The van der Waals surface area contributed by atoms with Gasteiger partial charge in [-0.3, -0.25) is 9.59 Å². The summed E-state index contributed by atoms with van der Waals surface area (Å²) in [6.07, 6.45) is 0. The lowest BCUT2D eigenvalue weighted by molar-refractivity contribution is -0.145. The number of esters is 1. The van der Waals surface area contributed by atoms with Crippen LogP contribution < -0.4 is 5.32 Å². The molecule has 0 aliphatic heterocycles. The lowest BCUT2D eigenvalue weighted by Crippen LogP contribution is -2.25. The molecular formula is C15H17ClN4O3S. The van der Waals surface area contributed by atoms with Crippen molar-refractivity contribution in [3.05, 3.63) is 29.3 Å². The average molecular weight is 369 g/mol. The van der Waals surface area contributed by atoms with Crippen LogP contribution in [0.15, 0.2) is 29.4 Å². The van der Waals surface area contributed by atoms with Gasteiger partial charge in [-0.1, -0.05) is 23.4 Å². The van der Waals surface area contributed by atoms with Crippen molar-refractivity contribution in [3.63, 3.8) is 0 Å². The molecule has 0 atom stereocenters. The van der Waals surface area contributed by atoms with Crippen LogP contribution >= 0.6 is 23.4 Å². The number of amides is 1. The fourth-order valence-corrected chi connectivity index (χ4v) is 2.80. The second kappa shape index (κ2) is 8.70. The van der Waals surface area contributed by atoms with E-state index < -0.39 is 5.97 Å². The molecule has 0 radical (unpaired) electrons. The van der Waals surface area contributed by atoms with E-state index in [1.165, 1.54) is 18.8 Å². The number of nitrogens with one attached hydrogen (secondary N) is 1. The molecule has 1 aromatic carbocycles. The van der Waals surface area contributed by atoms with E-state index in [2.05, 4.69) is 15.5 Å². The highest BCUT2D eigenvalue weighted by atomic mass is 35.5. The van der Waals surface area contributed by atoms with Gasteiger partial charge >= 0.3 is 5.97 Å². The summed E-state index contributed by atoms with van der Waals surface area (Å²) < 4.78 is 6.75. The minimum atomic E-state index is -0.484. The molecule has 0 unspecified atom stereocenters. The first kappa shape index (κ1) is 18.3. The molecular weight excluding hydrogens is 352 g/mol. The van der Waals surface area contributed by atoms with Crippen molar-refractivity contribution in [1.82, 2.24) is 20.1 Å². The first-order valence-electron chi connectivity index (χ1n) is 7.23. The summed E-state index contributed by atoms with van der Waals surface area (Å²) in [4.78, 5) is 22.7. The number of aromatic nitrogens is 3. The zero-order valence-electron chi connectivity index (χ0n) is 13.3. The van der Waals surface area contributed by atoms with Crippen molar-refractivity contribution in [2.24, 2.45) is 0 Å². The van der Waals surface area contributed by atoms with Crippen molar-refractivity contribution in [1.29, 1.82) is 0 Å². The first-order valence-corrected chi connectivity index (χ1v) is 8.59. The quantitative estimate of drug-likeness (QED) is 0.594. The van der Waals surface area contributed by atoms with Crippen LogP contribution in [0.5, 0.6) is 0 Å². The smallest absolute Gasteiger partial charge is 0.316 e. The Morgan fingerprint density at radius 1 is 1.29 bits per heavy atom. The van der Waals surface area contributed by atoms with Crippen LogP contribution in [0.2, 0.25) is 5.02 Å². The van der Waals surface area contributed by atoms with Gasteiger partial charge in [0, 0.05) is 24.2 Å². The molecule has 7 nitrogen and oxygen atoms in total. The number of nitrogens with zero attached hydrogens (tertiary/aromatic N) is 3. The van der Waals surface area contributed by atoms with E-state index in [0.717, 1.165) is 5.56 Å². The van der Waals surface area contributed by atoms with Crippen molar-refractivity contribution in [3.8, 4) is 11.4 Å². The third-order valence-electron chi connectivity index (χ3n) is 3.10. The predicted octanol–water partition coefficient (Wildman–Crippen LogP) is 2.00. The van der Waals surface area contributed by atoms with E-state index in [0.29, 0.717) is 22.5 Å². The molecule has 1 heterocycles. The Morgan fingerprint density at radius 3 is 2.62 bits per heavy atom. The number of halogens is 1. The highest BCUT2D eigenvalue weighted by Gasteiger charge is 2.15. The maximum Gasteiger partial charge on any atom is 0.316 e. The summed E-state index contributed by atoms with van der Waals surface area (Å²) >= 11 is 7.11. The number of carbonyl (C=O) groups is 2. The first-order chi connectivity index (χ1) is 11.5. The molecule has 0 fully saturated rings. The summed E-state index contributed by atoms with van der Waals surface area (Å²) in [6, 6.07) is 7.30. The van der Waals surface area contributed by atoms with Gasteiger partial charge in [0.05, 0.1) is 5.75 Å². The zero-order valence-corrected chi connectivity index (χ0v) is 14.9. The van der Waals surface area contributed by atoms with Crippen LogP contribution in [0.25, 0.3) is 11.4 Å². The third kappa shape index (κ3) is 4.72. The number of rotatable bonds is 7. The fraction of sp³-hybridized carbons (Fsp3) is 0.333. The van der Waals surface area contributed by atoms with E-state index in [4.69, 9.17) is 16.3 Å². The van der Waals surface area contributed by atoms with E-state index in [1.54, 1.807) is 12.1 Å². The Kier molecular flexibility index (Phi) is 6.62. The molecule has 0 spiro atoms. The lowest BCUT2D eigenvalue weighted by Gasteiger charge is -2.07. The molecule has 1 amide bonds. The molecule has 0 saturated carbocycles. The normalized spacial score (nSPS) is 10.5. The fourth-order valence-electron chi connectivity index (χ4n) is 1.88. The Balaban J connectivity index is 2.02. The Bertz CT molecular complexity index is 718. The average Bonchev–Trinajstić information content (AvgIpc) is 3.01. The highest BCUT2D eigenvalue weighted by molar-refractivity contribution is 7.99. The van der Waals surface area contributed by atoms with E-state index in [9.17, 15) is 9.59 Å². The Hall–Kier alpha value is -2.06. The van der Waals surface area contributed by atoms with Crippen LogP contribution in [0.1, 0.15) is 6.92 Å². The maximum atomic E-state index is 11.7. The van der Waals surface area contributed by atoms with Gasteiger partial charge < -0.3 is 14.6 Å². The summed E-state index contributed by atoms with van der Waals surface area (Å²) in [6.45, 7) is 2.34. The van der Waals surface area contributed by atoms with E-state index >= 15 is 0 Å². The molecule has 0 aliphatic carbocycles. The maximum absolute atomic E-state index is 11.7. The van der Waals surface area contributed by atoms with E-state index in [-0.39, 0.29) is 18.3 Å². The number of thioether (sulfide) groups is 1. The highest BCUT2D eigenvalue weighted by Crippen LogP contribution is 2.25. The summed E-state index contributed by atoms with van der Waals surface area (Å²) in [5.74, 6) is -0.0803. The van der Waals surface area contributed by atoms with Gasteiger partial charge in [0.1, 0.15) is 0 Å². The second-order valence-corrected chi connectivity index (χ2v) is 6.06. The topological polar surface area (TPSA) is 86.1 Å². The van der Waals surface area contributed by atoms with E-state index in [1.807, 2.05) is 23.6 Å². The molecule has 128 valence electrons. The molecule has 0 aliphatic rings. The molecule has 0 saturated heterocycles. The SMILES string of the molecule is CCn1c(SCC(=O)OCC(=O)NC)nnc1-c1ccc(Cl)cc1. The second-order valence-electron chi connectivity index (χ2n) is 4.68. The van der Waals surface area contributed by atoms with Crippen molar-refractivity contribution >= 4 is 35.2 Å². The monoisotopic (exact) mass is 368 g/mol. The number of ether oxygens (including phenoxy) is 1. The number of likely N-dealkylation sites (N-methyl/N-ethyl adjacent to an activating group) is 1. The lowest BCUT2D eigenvalue weighted by atomic mass is 10.2. The molecule has 2 aromatic rings. The van der Waals surface area contributed by atoms with Crippen LogP contribution in [-0.2, 0) is 20.9 Å². The Labute approximate surface area is 148 Å². The van der Waals surface area contributed by atoms with Crippen molar-refractivity contribution < 1.29 is 14.3 Å². The van der Waals surface area contributed by atoms with Gasteiger partial charge in [0.2, 0.25) is 0 Å². The van der Waals surface area contributed by atoms with Crippen LogP contribution in [0, 0.1) is 0 Å². The number of carbonyl (C=O) groups excluding carboxylic acids is 2. The largest absolute Gasteiger partial charge is 0.455 e. The minimum absolute atomic E-state index is 0.0513. The molecule has 1 N–H and O–H groups in total. The standard InChI is InChI=1S/C15H17ClN4O3S/c1-3-20-14(10-4-6-11(16)7-5-10)18-19-15(20)24-9-13(22)23-8-12(21)17-2/h4-7H,3,8-9H2,1-2H3,(H,17,21). The Morgan fingerprint density at radius 2 is 2.00 bits per heavy atom. The number of benzene rings is 1. The van der Waals surface area contributed by atoms with Crippen LogP contribution in [-0.4, -0.2) is 46.0 Å². The molecule has 24 heavy (non-hydrogen) atoms. The molecule has 1 aromatic heterocycles. The summed E-state index contributed by atoms with van der Waals surface area (Å²) in [5, 5.41) is 11.9. The van der Waals surface area contributed by atoms with Gasteiger partial charge in [-0.2, -0.15) is 0 Å². The van der Waals surface area contributed by atoms with Crippen LogP contribution in [0.4, 0.5) is 0 Å². The van der Waals surface area contributed by atoms with Crippen LogP contribution in [0.3, 0.4) is 0 Å². The van der Waals surface area contributed by atoms with Gasteiger partial charge in [-0.15, -0.1) is 10.2 Å². The molecule has 2 rings (SSSR count). The predicted molar refractivity (Wildman–Crippen MR) is 91.9 cm³/mol. The summed E-state index contributed by atoms with van der Waals surface area (Å²) in [5.41, 5.74) is 0.891. The van der Waals surface area contributed by atoms with Gasteiger partial charge in [0.25, 0.3) is 5.91 Å². The number of hydrogen-bond acceptors (Lipinski definition) is 6. The summed E-state index contributed by atoms with van der Waals surface area (Å²) in [7, 11) is 1.48. The minimum Gasteiger partial charge on any atom is -0.455 e. The van der Waals surface area contributed by atoms with Crippen molar-refractivity contribution in [2.45, 2.75) is 18.6 Å². The van der Waals surface area contributed by atoms with Gasteiger partial charge in [-0.05, 0) is 31.2 Å². The van der Waals surface area contributed by atoms with Crippen molar-refractivity contribution in [2.75, 3.05) is 19.4 Å². The molecule has 0 bridgehead atoms. The van der Waals surface area contributed by atoms with Gasteiger partial charge in [-0.25, -0.2) is 0 Å². The third-order valence-corrected chi connectivity index (χ3v) is 4.29. The zero-order chi connectivity index (χ0) is 17.5. The van der Waals surface area contributed by atoms with Gasteiger partial charge in [0.15, 0.2) is 17.6 Å².